The zero-order valence-electron chi connectivity index (χ0n) is 7.77. The minimum atomic E-state index is 0.764. The highest BCUT2D eigenvalue weighted by Crippen LogP contribution is 2.08. The molecule has 3 rings (SSSR count). The second kappa shape index (κ2) is 2.96. The average Bonchev–Trinajstić information content (AvgIpc) is 2.58. The Bertz CT molecular complexity index is 502. The molecule has 0 spiro atoms. The van der Waals surface area contributed by atoms with E-state index in [-0.39, 0.29) is 0 Å². The number of hydrogen-bond acceptors (Lipinski definition) is 3. The number of hydrogen-bond donors (Lipinski definition) is 1. The van der Waals surface area contributed by atoms with Gasteiger partial charge in [0, 0.05) is 18.0 Å². The highest BCUT2D eigenvalue weighted by atomic mass is 15.5. The molecule has 1 aromatic carbocycles. The molecule has 3 nitrogen and oxygen atoms in total. The first kappa shape index (κ1) is 7.76. The molecule has 1 N–H and O–H groups in total. The van der Waals surface area contributed by atoms with Crippen molar-refractivity contribution in [2.45, 2.75) is 0 Å². The van der Waals surface area contributed by atoms with Gasteiger partial charge in [0.1, 0.15) is 0 Å². The van der Waals surface area contributed by atoms with Crippen LogP contribution in [0.25, 0.3) is 6.20 Å². The molecule has 0 fully saturated rings. The highest BCUT2D eigenvalue weighted by molar-refractivity contribution is 5.31. The van der Waals surface area contributed by atoms with Gasteiger partial charge in [-0.2, -0.15) is 0 Å². The van der Waals surface area contributed by atoms with Crippen LogP contribution in [-0.2, 0) is 0 Å². The van der Waals surface area contributed by atoms with Crippen molar-refractivity contribution in [3.63, 3.8) is 0 Å². The van der Waals surface area contributed by atoms with Gasteiger partial charge in [0.05, 0.1) is 17.6 Å². The Morgan fingerprint density at radius 2 is 2.21 bits per heavy atom. The summed E-state index contributed by atoms with van der Waals surface area (Å²) in [4.78, 5) is 4.55. The monoisotopic (exact) mass is 185 g/mol. The van der Waals surface area contributed by atoms with E-state index < -0.39 is 0 Å². The Labute approximate surface area is 82.0 Å². The molecule has 3 heteroatoms. The fourth-order valence-corrected chi connectivity index (χ4v) is 1.78. The van der Waals surface area contributed by atoms with Crippen LogP contribution in [0.15, 0.2) is 41.0 Å². The van der Waals surface area contributed by atoms with Crippen molar-refractivity contribution in [2.75, 3.05) is 13.1 Å². The lowest BCUT2D eigenvalue weighted by Crippen LogP contribution is -2.31. The molecule has 2 heterocycles. The van der Waals surface area contributed by atoms with Crippen LogP contribution in [0.5, 0.6) is 0 Å². The lowest BCUT2D eigenvalue weighted by atomic mass is 10.3. The second-order valence-electron chi connectivity index (χ2n) is 3.43. The first-order valence-electron chi connectivity index (χ1n) is 4.77. The van der Waals surface area contributed by atoms with E-state index in [0.29, 0.717) is 0 Å². The topological polar surface area (TPSA) is 27.6 Å². The number of benzene rings is 1. The molecule has 0 unspecified atom stereocenters. The van der Waals surface area contributed by atoms with Crippen molar-refractivity contribution < 1.29 is 0 Å². The molecule has 0 saturated heterocycles. The van der Waals surface area contributed by atoms with Crippen LogP contribution in [0, 0.1) is 0 Å². The number of rotatable bonds is 0. The largest absolute Gasteiger partial charge is 0.286 e. The Kier molecular flexibility index (Phi) is 1.64. The summed E-state index contributed by atoms with van der Waals surface area (Å²) in [5, 5.41) is 4.31. The van der Waals surface area contributed by atoms with Crippen LogP contribution in [0.3, 0.4) is 0 Å². The van der Waals surface area contributed by atoms with Crippen LogP contribution in [0.1, 0.15) is 0 Å². The van der Waals surface area contributed by atoms with E-state index in [1.165, 1.54) is 10.9 Å². The summed E-state index contributed by atoms with van der Waals surface area (Å²) >= 11 is 0. The van der Waals surface area contributed by atoms with Gasteiger partial charge < -0.3 is 0 Å². The Hall–Kier alpha value is -1.61. The molecule has 0 radical (unpaired) electrons. The van der Waals surface area contributed by atoms with E-state index in [2.05, 4.69) is 39.8 Å². The first-order valence-corrected chi connectivity index (χ1v) is 4.77. The van der Waals surface area contributed by atoms with Crippen molar-refractivity contribution >= 4 is 6.20 Å². The fourth-order valence-electron chi connectivity index (χ4n) is 1.78. The Morgan fingerprint density at radius 3 is 3.21 bits per heavy atom. The van der Waals surface area contributed by atoms with Crippen molar-refractivity contribution in [1.82, 2.24) is 10.4 Å². The molecule has 0 bridgehead atoms. The van der Waals surface area contributed by atoms with Crippen LogP contribution in [0.4, 0.5) is 0 Å². The number of hydrazine groups is 1. The predicted molar refractivity (Wildman–Crippen MR) is 54.5 cm³/mol. The maximum Gasteiger partial charge on any atom is 0.0811 e. The fraction of sp³-hybridized carbons (Fsp3) is 0.182. The van der Waals surface area contributed by atoms with Gasteiger partial charge >= 0.3 is 0 Å². The molecule has 0 amide bonds. The third kappa shape index (κ3) is 1.14. The summed E-state index contributed by atoms with van der Waals surface area (Å²) in [5.41, 5.74) is 4.50. The summed E-state index contributed by atoms with van der Waals surface area (Å²) in [6, 6.07) is 8.19. The van der Waals surface area contributed by atoms with Gasteiger partial charge in [0.25, 0.3) is 0 Å². The predicted octanol–water partition coefficient (Wildman–Crippen LogP) is -0.238. The smallest absolute Gasteiger partial charge is 0.0811 e. The maximum atomic E-state index is 4.55. The molecule has 70 valence electrons. The quantitative estimate of drug-likeness (QED) is 0.604. The Balaban J connectivity index is 2.25. The number of para-hydroxylation sites is 1. The first-order chi connectivity index (χ1) is 6.93. The van der Waals surface area contributed by atoms with Crippen LogP contribution >= 0.6 is 0 Å². The van der Waals surface area contributed by atoms with Crippen molar-refractivity contribution in [1.29, 1.82) is 0 Å². The molecular formula is C11H11N3. The lowest BCUT2D eigenvalue weighted by molar-refractivity contribution is 0.420. The molecule has 1 aromatic rings. The van der Waals surface area contributed by atoms with Crippen molar-refractivity contribution in [2.24, 2.45) is 4.99 Å². The molecule has 2 aliphatic rings. The summed E-state index contributed by atoms with van der Waals surface area (Å²) in [6.45, 7) is 1.67. The van der Waals surface area contributed by atoms with Gasteiger partial charge in [-0.1, -0.05) is 18.2 Å². The molecule has 0 aromatic heterocycles. The SMILES string of the molecule is C1=C2CN=c3ccccc3=CN2NC1. The van der Waals surface area contributed by atoms with Gasteiger partial charge in [-0.25, -0.2) is 5.43 Å². The van der Waals surface area contributed by atoms with Crippen LogP contribution < -0.4 is 16.0 Å². The standard InChI is InChI=1S/C11H11N3/c1-2-4-11-9(3-1)8-14-10(7-12-11)5-6-13-14/h1-5,8,13H,6-7H2. The normalized spacial score (nSPS) is 18.6. The molecule has 0 atom stereocenters. The van der Waals surface area contributed by atoms with Crippen LogP contribution in [0.2, 0.25) is 0 Å². The minimum Gasteiger partial charge on any atom is -0.286 e. The van der Waals surface area contributed by atoms with Gasteiger partial charge in [-0.15, -0.1) is 0 Å². The van der Waals surface area contributed by atoms with Crippen LogP contribution in [-0.4, -0.2) is 18.1 Å². The summed E-state index contributed by atoms with van der Waals surface area (Å²) in [6.07, 6.45) is 4.27. The number of nitrogens with zero attached hydrogens (tertiary/aromatic N) is 2. The second-order valence-corrected chi connectivity index (χ2v) is 3.43. The highest BCUT2D eigenvalue weighted by Gasteiger charge is 2.12. The number of nitrogens with one attached hydrogen (secondary N) is 1. The summed E-state index contributed by atoms with van der Waals surface area (Å²) in [5.74, 6) is 0. The maximum absolute atomic E-state index is 4.55. The zero-order chi connectivity index (χ0) is 9.38. The van der Waals surface area contributed by atoms with Crippen molar-refractivity contribution in [3.8, 4) is 0 Å². The van der Waals surface area contributed by atoms with E-state index in [0.717, 1.165) is 18.4 Å². The third-order valence-corrected chi connectivity index (χ3v) is 2.53. The van der Waals surface area contributed by atoms with Gasteiger partial charge in [-0.3, -0.25) is 10.0 Å². The van der Waals surface area contributed by atoms with Gasteiger partial charge in [0.2, 0.25) is 0 Å². The molecule has 0 aliphatic carbocycles. The Morgan fingerprint density at radius 1 is 1.29 bits per heavy atom. The van der Waals surface area contributed by atoms with Gasteiger partial charge in [0.15, 0.2) is 0 Å². The number of fused-ring (bicyclic) bond motifs is 2. The van der Waals surface area contributed by atoms with E-state index in [1.807, 2.05) is 12.1 Å². The van der Waals surface area contributed by atoms with Crippen molar-refractivity contribution in [3.05, 3.63) is 46.6 Å². The van der Waals surface area contributed by atoms with E-state index in [1.54, 1.807) is 0 Å². The molecule has 0 saturated carbocycles. The summed E-state index contributed by atoms with van der Waals surface area (Å²) in [7, 11) is 0. The lowest BCUT2D eigenvalue weighted by Gasteiger charge is -2.14. The minimum absolute atomic E-state index is 0.764. The molecule has 14 heavy (non-hydrogen) atoms. The third-order valence-electron chi connectivity index (χ3n) is 2.53. The van der Waals surface area contributed by atoms with Gasteiger partial charge in [-0.05, 0) is 12.1 Å². The zero-order valence-corrected chi connectivity index (χ0v) is 7.77. The molecular weight excluding hydrogens is 174 g/mol. The summed E-state index contributed by atoms with van der Waals surface area (Å²) < 4.78 is 0. The van der Waals surface area contributed by atoms with E-state index >= 15 is 0 Å². The van der Waals surface area contributed by atoms with E-state index in [4.69, 9.17) is 0 Å². The average molecular weight is 185 g/mol. The molecule has 2 aliphatic heterocycles. The van der Waals surface area contributed by atoms with E-state index in [9.17, 15) is 0 Å².